The zero-order valence-corrected chi connectivity index (χ0v) is 12.6. The van der Waals surface area contributed by atoms with Crippen LogP contribution < -0.4 is 5.32 Å². The number of amides is 1. The van der Waals surface area contributed by atoms with E-state index in [1.54, 1.807) is 12.4 Å². The number of hydrogen-bond donors (Lipinski definition) is 2. The monoisotopic (exact) mass is 287 g/mol. The Labute approximate surface area is 124 Å². The lowest BCUT2D eigenvalue weighted by Crippen LogP contribution is -2.32. The lowest BCUT2D eigenvalue weighted by atomic mass is 10.0. The molecule has 0 spiro atoms. The fraction of sp³-hybridized carbons (Fsp3) is 0.467. The van der Waals surface area contributed by atoms with Crippen LogP contribution in [0.5, 0.6) is 0 Å². The van der Waals surface area contributed by atoms with Crippen molar-refractivity contribution in [2.24, 2.45) is 5.92 Å². The Morgan fingerprint density at radius 1 is 1.43 bits per heavy atom. The Balaban J connectivity index is 1.93. The quantitative estimate of drug-likeness (QED) is 0.850. The third kappa shape index (κ3) is 4.37. The summed E-state index contributed by atoms with van der Waals surface area (Å²) < 4.78 is 0. The smallest absolute Gasteiger partial charge is 0.220 e. The molecule has 6 heteroatoms. The maximum atomic E-state index is 12.1. The van der Waals surface area contributed by atoms with Gasteiger partial charge in [0.1, 0.15) is 5.82 Å². The number of nitrogens with one attached hydrogen (secondary N) is 2. The van der Waals surface area contributed by atoms with E-state index in [1.165, 1.54) is 0 Å². The van der Waals surface area contributed by atoms with Crippen molar-refractivity contribution in [3.8, 4) is 0 Å². The SMILES string of the molecule is Cc1nc([C@H](NC(=O)CCc2cccnc2)C(C)C)n[nH]1. The van der Waals surface area contributed by atoms with E-state index < -0.39 is 0 Å². The normalized spacial score (nSPS) is 12.4. The lowest BCUT2D eigenvalue weighted by molar-refractivity contribution is -0.122. The molecule has 1 atom stereocenters. The highest BCUT2D eigenvalue weighted by molar-refractivity contribution is 5.76. The molecule has 0 aliphatic carbocycles. The number of aromatic nitrogens is 4. The number of pyridine rings is 1. The summed E-state index contributed by atoms with van der Waals surface area (Å²) in [5.41, 5.74) is 1.06. The molecule has 6 nitrogen and oxygen atoms in total. The van der Waals surface area contributed by atoms with Gasteiger partial charge in [-0.05, 0) is 30.9 Å². The van der Waals surface area contributed by atoms with Gasteiger partial charge in [-0.15, -0.1) is 0 Å². The highest BCUT2D eigenvalue weighted by Gasteiger charge is 2.22. The summed E-state index contributed by atoms with van der Waals surface area (Å²) in [7, 11) is 0. The summed E-state index contributed by atoms with van der Waals surface area (Å²) in [4.78, 5) is 20.5. The number of aryl methyl sites for hydroxylation is 2. The van der Waals surface area contributed by atoms with Crippen LogP contribution in [0, 0.1) is 12.8 Å². The topological polar surface area (TPSA) is 83.6 Å². The Kier molecular flexibility index (Phi) is 5.03. The van der Waals surface area contributed by atoms with Gasteiger partial charge in [-0.25, -0.2) is 4.98 Å². The molecule has 0 radical (unpaired) electrons. The Bertz CT molecular complexity index is 579. The number of hydrogen-bond acceptors (Lipinski definition) is 4. The molecular weight excluding hydrogens is 266 g/mol. The summed E-state index contributed by atoms with van der Waals surface area (Å²) in [5.74, 6) is 1.61. The van der Waals surface area contributed by atoms with Gasteiger partial charge < -0.3 is 5.32 Å². The Hall–Kier alpha value is -2.24. The molecule has 0 saturated heterocycles. The average Bonchev–Trinajstić information content (AvgIpc) is 2.89. The fourth-order valence-corrected chi connectivity index (χ4v) is 2.08. The molecule has 1 amide bonds. The van der Waals surface area contributed by atoms with Crippen molar-refractivity contribution in [3.63, 3.8) is 0 Å². The van der Waals surface area contributed by atoms with E-state index in [9.17, 15) is 4.79 Å². The molecular formula is C15H21N5O. The maximum Gasteiger partial charge on any atom is 0.220 e. The molecule has 2 aromatic rings. The standard InChI is InChI=1S/C15H21N5O/c1-10(2)14(15-17-11(3)19-20-15)18-13(21)7-6-12-5-4-8-16-9-12/h4-5,8-10,14H,6-7H2,1-3H3,(H,18,21)(H,17,19,20)/t14-/m1/s1. The van der Waals surface area contributed by atoms with Crippen LogP contribution in [0.1, 0.15) is 43.5 Å². The minimum atomic E-state index is -0.170. The second-order valence-corrected chi connectivity index (χ2v) is 5.43. The molecule has 0 aliphatic rings. The molecule has 0 saturated carbocycles. The molecule has 2 N–H and O–H groups in total. The Morgan fingerprint density at radius 3 is 2.81 bits per heavy atom. The third-order valence-electron chi connectivity index (χ3n) is 3.24. The van der Waals surface area contributed by atoms with Gasteiger partial charge in [0.25, 0.3) is 0 Å². The van der Waals surface area contributed by atoms with Gasteiger partial charge in [0, 0.05) is 18.8 Å². The van der Waals surface area contributed by atoms with Crippen LogP contribution in [0.15, 0.2) is 24.5 Å². The van der Waals surface area contributed by atoms with Crippen molar-refractivity contribution < 1.29 is 4.79 Å². The van der Waals surface area contributed by atoms with Crippen LogP contribution in [0.25, 0.3) is 0 Å². The molecule has 112 valence electrons. The minimum Gasteiger partial charge on any atom is -0.346 e. The van der Waals surface area contributed by atoms with Crippen molar-refractivity contribution >= 4 is 5.91 Å². The zero-order chi connectivity index (χ0) is 15.2. The van der Waals surface area contributed by atoms with E-state index in [0.717, 1.165) is 11.4 Å². The summed E-state index contributed by atoms with van der Waals surface area (Å²) in [5, 5.41) is 9.97. The number of carbonyl (C=O) groups excluding carboxylic acids is 1. The predicted molar refractivity (Wildman–Crippen MR) is 79.4 cm³/mol. The lowest BCUT2D eigenvalue weighted by Gasteiger charge is -2.19. The van der Waals surface area contributed by atoms with Gasteiger partial charge in [-0.2, -0.15) is 5.10 Å². The first-order valence-corrected chi connectivity index (χ1v) is 7.13. The van der Waals surface area contributed by atoms with Crippen LogP contribution in [-0.4, -0.2) is 26.1 Å². The van der Waals surface area contributed by atoms with E-state index in [2.05, 4.69) is 25.5 Å². The van der Waals surface area contributed by atoms with Crippen LogP contribution in [0.2, 0.25) is 0 Å². The van der Waals surface area contributed by atoms with Crippen LogP contribution >= 0.6 is 0 Å². The van der Waals surface area contributed by atoms with Gasteiger partial charge in [0.2, 0.25) is 5.91 Å². The Morgan fingerprint density at radius 2 is 2.24 bits per heavy atom. The molecule has 0 unspecified atom stereocenters. The van der Waals surface area contributed by atoms with E-state index in [-0.39, 0.29) is 17.9 Å². The second-order valence-electron chi connectivity index (χ2n) is 5.43. The number of nitrogens with zero attached hydrogens (tertiary/aromatic N) is 3. The third-order valence-corrected chi connectivity index (χ3v) is 3.24. The molecule has 2 rings (SSSR count). The molecule has 0 aromatic carbocycles. The van der Waals surface area contributed by atoms with Gasteiger partial charge in [-0.3, -0.25) is 14.9 Å². The summed E-state index contributed by atoms with van der Waals surface area (Å²) in [6.45, 7) is 5.92. The summed E-state index contributed by atoms with van der Waals surface area (Å²) in [6, 6.07) is 3.68. The maximum absolute atomic E-state index is 12.1. The van der Waals surface area contributed by atoms with Crippen LogP contribution in [-0.2, 0) is 11.2 Å². The van der Waals surface area contributed by atoms with E-state index in [0.29, 0.717) is 18.7 Å². The van der Waals surface area contributed by atoms with Crippen molar-refractivity contribution in [3.05, 3.63) is 41.7 Å². The van der Waals surface area contributed by atoms with Crippen molar-refractivity contribution in [1.82, 2.24) is 25.5 Å². The summed E-state index contributed by atoms with van der Waals surface area (Å²) in [6.07, 6.45) is 4.62. The first-order valence-electron chi connectivity index (χ1n) is 7.13. The predicted octanol–water partition coefficient (Wildman–Crippen LogP) is 1.95. The highest BCUT2D eigenvalue weighted by Crippen LogP contribution is 2.18. The highest BCUT2D eigenvalue weighted by atomic mass is 16.1. The zero-order valence-electron chi connectivity index (χ0n) is 12.6. The molecule has 2 heterocycles. The van der Waals surface area contributed by atoms with E-state index in [4.69, 9.17) is 0 Å². The van der Waals surface area contributed by atoms with Crippen LogP contribution in [0.3, 0.4) is 0 Å². The molecule has 0 fully saturated rings. The van der Waals surface area contributed by atoms with Crippen molar-refractivity contribution in [2.45, 2.75) is 39.7 Å². The summed E-state index contributed by atoms with van der Waals surface area (Å²) >= 11 is 0. The van der Waals surface area contributed by atoms with Crippen LogP contribution in [0.4, 0.5) is 0 Å². The van der Waals surface area contributed by atoms with E-state index in [1.807, 2.05) is 32.9 Å². The molecule has 21 heavy (non-hydrogen) atoms. The molecule has 0 aliphatic heterocycles. The number of H-pyrrole nitrogens is 1. The first kappa shape index (κ1) is 15.2. The largest absolute Gasteiger partial charge is 0.346 e. The fourth-order valence-electron chi connectivity index (χ4n) is 2.08. The van der Waals surface area contributed by atoms with Crippen molar-refractivity contribution in [2.75, 3.05) is 0 Å². The van der Waals surface area contributed by atoms with Gasteiger partial charge >= 0.3 is 0 Å². The minimum absolute atomic E-state index is 0.00000567. The van der Waals surface area contributed by atoms with Gasteiger partial charge in [-0.1, -0.05) is 19.9 Å². The molecule has 0 bridgehead atoms. The molecule has 2 aromatic heterocycles. The average molecular weight is 287 g/mol. The number of aromatic amines is 1. The second kappa shape index (κ2) is 6.97. The van der Waals surface area contributed by atoms with Gasteiger partial charge in [0.15, 0.2) is 5.82 Å². The van der Waals surface area contributed by atoms with Crippen molar-refractivity contribution in [1.29, 1.82) is 0 Å². The number of rotatable bonds is 6. The first-order chi connectivity index (χ1) is 10.1. The van der Waals surface area contributed by atoms with Gasteiger partial charge in [0.05, 0.1) is 6.04 Å². The number of carbonyl (C=O) groups is 1. The van der Waals surface area contributed by atoms with E-state index >= 15 is 0 Å².